The van der Waals surface area contributed by atoms with E-state index in [1.54, 1.807) is 18.3 Å². The molecule has 5 nitrogen and oxygen atoms in total. The summed E-state index contributed by atoms with van der Waals surface area (Å²) in [4.78, 5) is 19.6. The average molecular weight is 323 g/mol. The van der Waals surface area contributed by atoms with E-state index < -0.39 is 0 Å². The van der Waals surface area contributed by atoms with Gasteiger partial charge in [-0.2, -0.15) is 0 Å². The number of ether oxygens (including phenoxy) is 1. The quantitative estimate of drug-likeness (QED) is 0.732. The van der Waals surface area contributed by atoms with E-state index in [1.165, 1.54) is 16.5 Å². The van der Waals surface area contributed by atoms with E-state index in [9.17, 15) is 4.79 Å². The summed E-state index contributed by atoms with van der Waals surface area (Å²) in [6.45, 7) is 5.06. The van der Waals surface area contributed by atoms with Gasteiger partial charge in [0.25, 0.3) is 5.91 Å². The monoisotopic (exact) mass is 323 g/mol. The van der Waals surface area contributed by atoms with Crippen LogP contribution >= 0.6 is 0 Å². The van der Waals surface area contributed by atoms with Crippen LogP contribution in [0, 0.1) is 6.92 Å². The Hall–Kier alpha value is -2.82. The zero-order chi connectivity index (χ0) is 16.9. The third-order valence-corrected chi connectivity index (χ3v) is 3.89. The first kappa shape index (κ1) is 16.1. The highest BCUT2D eigenvalue weighted by molar-refractivity contribution is 5.94. The molecule has 0 saturated carbocycles. The van der Waals surface area contributed by atoms with Gasteiger partial charge in [0.2, 0.25) is 5.88 Å². The van der Waals surface area contributed by atoms with Crippen molar-refractivity contribution >= 4 is 16.8 Å². The second kappa shape index (κ2) is 7.17. The fourth-order valence-electron chi connectivity index (χ4n) is 2.70. The van der Waals surface area contributed by atoms with Gasteiger partial charge in [-0.05, 0) is 43.5 Å². The van der Waals surface area contributed by atoms with E-state index in [0.29, 0.717) is 24.6 Å². The van der Waals surface area contributed by atoms with Crippen molar-refractivity contribution in [3.05, 3.63) is 59.4 Å². The maximum absolute atomic E-state index is 12.2. The number of rotatable bonds is 6. The van der Waals surface area contributed by atoms with Crippen LogP contribution in [0.25, 0.3) is 10.9 Å². The number of hydrogen-bond donors (Lipinski definition) is 2. The van der Waals surface area contributed by atoms with Crippen molar-refractivity contribution in [2.75, 3.05) is 13.2 Å². The molecular formula is C19H21N3O2. The Kier molecular flexibility index (Phi) is 4.79. The molecule has 0 radical (unpaired) electrons. The summed E-state index contributed by atoms with van der Waals surface area (Å²) in [6, 6.07) is 9.70. The van der Waals surface area contributed by atoms with Crippen LogP contribution in [0.3, 0.4) is 0 Å². The zero-order valence-electron chi connectivity index (χ0n) is 13.9. The van der Waals surface area contributed by atoms with E-state index in [2.05, 4.69) is 40.4 Å². The number of benzene rings is 1. The molecule has 0 aliphatic rings. The van der Waals surface area contributed by atoms with Crippen LogP contribution in [0.4, 0.5) is 0 Å². The van der Waals surface area contributed by atoms with Crippen LogP contribution < -0.4 is 10.1 Å². The number of aromatic nitrogens is 2. The maximum Gasteiger partial charge on any atom is 0.251 e. The van der Waals surface area contributed by atoms with Gasteiger partial charge < -0.3 is 15.0 Å². The molecule has 0 aliphatic heterocycles. The number of carbonyl (C=O) groups is 1. The van der Waals surface area contributed by atoms with Gasteiger partial charge in [0, 0.05) is 41.5 Å². The maximum atomic E-state index is 12.2. The number of pyridine rings is 1. The minimum Gasteiger partial charge on any atom is -0.478 e. The van der Waals surface area contributed by atoms with E-state index in [4.69, 9.17) is 4.74 Å². The number of H-pyrrole nitrogens is 1. The Morgan fingerprint density at radius 3 is 3.00 bits per heavy atom. The zero-order valence-corrected chi connectivity index (χ0v) is 13.9. The first-order valence-corrected chi connectivity index (χ1v) is 8.11. The van der Waals surface area contributed by atoms with Gasteiger partial charge in [-0.15, -0.1) is 0 Å². The number of hydrogen-bond acceptors (Lipinski definition) is 3. The molecule has 0 aliphatic carbocycles. The van der Waals surface area contributed by atoms with E-state index >= 15 is 0 Å². The number of carbonyl (C=O) groups excluding carboxylic acids is 1. The summed E-state index contributed by atoms with van der Waals surface area (Å²) in [5.74, 6) is 0.353. The molecule has 24 heavy (non-hydrogen) atoms. The molecule has 2 heterocycles. The molecule has 3 rings (SSSR count). The van der Waals surface area contributed by atoms with Crippen LogP contribution in [-0.2, 0) is 6.42 Å². The summed E-state index contributed by atoms with van der Waals surface area (Å²) >= 11 is 0. The smallest absolute Gasteiger partial charge is 0.251 e. The fourth-order valence-corrected chi connectivity index (χ4v) is 2.70. The number of fused-ring (bicyclic) bond motifs is 1. The van der Waals surface area contributed by atoms with Crippen molar-refractivity contribution in [2.45, 2.75) is 20.3 Å². The summed E-state index contributed by atoms with van der Waals surface area (Å²) in [5.41, 5.74) is 4.12. The third-order valence-electron chi connectivity index (χ3n) is 3.89. The van der Waals surface area contributed by atoms with Gasteiger partial charge in [-0.3, -0.25) is 4.79 Å². The predicted molar refractivity (Wildman–Crippen MR) is 94.5 cm³/mol. The predicted octanol–water partition coefficient (Wildman–Crippen LogP) is 3.24. The second-order valence-corrected chi connectivity index (χ2v) is 5.68. The Bertz CT molecular complexity index is 855. The van der Waals surface area contributed by atoms with Gasteiger partial charge in [-0.1, -0.05) is 12.1 Å². The summed E-state index contributed by atoms with van der Waals surface area (Å²) in [7, 11) is 0. The van der Waals surface area contributed by atoms with Crippen molar-refractivity contribution in [1.82, 2.24) is 15.3 Å². The molecular weight excluding hydrogens is 302 g/mol. The molecule has 0 bridgehead atoms. The Balaban J connectivity index is 1.61. The van der Waals surface area contributed by atoms with Crippen LogP contribution in [-0.4, -0.2) is 29.0 Å². The molecule has 1 aromatic carbocycles. The van der Waals surface area contributed by atoms with Crippen LogP contribution in [0.1, 0.15) is 28.4 Å². The molecule has 0 atom stereocenters. The van der Waals surface area contributed by atoms with Gasteiger partial charge >= 0.3 is 0 Å². The molecule has 124 valence electrons. The lowest BCUT2D eigenvalue weighted by atomic mass is 10.1. The lowest BCUT2D eigenvalue weighted by Crippen LogP contribution is -2.25. The highest BCUT2D eigenvalue weighted by Crippen LogP contribution is 2.19. The molecule has 2 aromatic heterocycles. The number of amides is 1. The van der Waals surface area contributed by atoms with Crippen molar-refractivity contribution in [3.8, 4) is 5.88 Å². The topological polar surface area (TPSA) is 67.0 Å². The lowest BCUT2D eigenvalue weighted by molar-refractivity contribution is 0.0953. The highest BCUT2D eigenvalue weighted by Gasteiger charge is 2.08. The highest BCUT2D eigenvalue weighted by atomic mass is 16.5. The van der Waals surface area contributed by atoms with Crippen LogP contribution in [0.2, 0.25) is 0 Å². The minimum absolute atomic E-state index is 0.117. The number of nitrogens with zero attached hydrogens (tertiary/aromatic N) is 1. The molecule has 0 unspecified atom stereocenters. The van der Waals surface area contributed by atoms with Crippen molar-refractivity contribution < 1.29 is 9.53 Å². The van der Waals surface area contributed by atoms with Gasteiger partial charge in [0.1, 0.15) is 0 Å². The molecule has 1 amide bonds. The molecule has 0 fully saturated rings. The number of aromatic amines is 1. The molecule has 2 N–H and O–H groups in total. The Morgan fingerprint density at radius 2 is 2.17 bits per heavy atom. The summed E-state index contributed by atoms with van der Waals surface area (Å²) < 4.78 is 5.32. The van der Waals surface area contributed by atoms with E-state index in [-0.39, 0.29) is 5.91 Å². The molecule has 0 saturated heterocycles. The van der Waals surface area contributed by atoms with Gasteiger partial charge in [-0.25, -0.2) is 4.98 Å². The average Bonchev–Trinajstić information content (AvgIpc) is 2.97. The largest absolute Gasteiger partial charge is 0.478 e. The SMILES string of the molecule is CCOc1cc(C(=O)NCCc2c[nH]c3cc(C)ccc23)ccn1. The Morgan fingerprint density at radius 1 is 1.29 bits per heavy atom. The summed E-state index contributed by atoms with van der Waals surface area (Å²) in [5, 5.41) is 4.15. The van der Waals surface area contributed by atoms with Crippen molar-refractivity contribution in [2.24, 2.45) is 0 Å². The van der Waals surface area contributed by atoms with E-state index in [0.717, 1.165) is 11.9 Å². The molecule has 5 heteroatoms. The van der Waals surface area contributed by atoms with E-state index in [1.807, 2.05) is 13.1 Å². The first-order valence-electron chi connectivity index (χ1n) is 8.11. The minimum atomic E-state index is -0.117. The van der Waals surface area contributed by atoms with Crippen molar-refractivity contribution in [1.29, 1.82) is 0 Å². The van der Waals surface area contributed by atoms with Gasteiger partial charge in [0.05, 0.1) is 6.61 Å². The fraction of sp³-hybridized carbons (Fsp3) is 0.263. The molecule has 3 aromatic rings. The normalized spacial score (nSPS) is 10.8. The van der Waals surface area contributed by atoms with Crippen LogP contribution in [0.15, 0.2) is 42.7 Å². The van der Waals surface area contributed by atoms with Crippen LogP contribution in [0.5, 0.6) is 5.88 Å². The number of aryl methyl sites for hydroxylation is 1. The standard InChI is InChI=1S/C19H21N3O2/c1-3-24-18-11-14(6-8-20-18)19(23)21-9-7-15-12-22-17-10-13(2)4-5-16(15)17/h4-6,8,10-12,22H,3,7,9H2,1-2H3,(H,21,23). The first-order chi connectivity index (χ1) is 11.7. The van der Waals surface area contributed by atoms with Crippen molar-refractivity contribution in [3.63, 3.8) is 0 Å². The molecule has 0 spiro atoms. The Labute approximate surface area is 141 Å². The summed E-state index contributed by atoms with van der Waals surface area (Å²) in [6.07, 6.45) is 4.37. The lowest BCUT2D eigenvalue weighted by Gasteiger charge is -2.07. The van der Waals surface area contributed by atoms with Gasteiger partial charge in [0.15, 0.2) is 0 Å². The third kappa shape index (κ3) is 3.56. The second-order valence-electron chi connectivity index (χ2n) is 5.68. The number of nitrogens with one attached hydrogen (secondary N) is 2.